The van der Waals surface area contributed by atoms with E-state index in [9.17, 15) is 0 Å². The number of para-hydroxylation sites is 1. The van der Waals surface area contributed by atoms with Crippen LogP contribution in [0.15, 0.2) is 18.2 Å². The second-order valence-electron chi connectivity index (χ2n) is 6.07. The fraction of sp³-hybridized carbons (Fsp3) is 0.667. The molecule has 1 aliphatic heterocycles. The van der Waals surface area contributed by atoms with E-state index in [0.29, 0.717) is 6.04 Å². The molecule has 1 atom stereocenters. The molecule has 1 unspecified atom stereocenters. The van der Waals surface area contributed by atoms with Gasteiger partial charge in [-0.25, -0.2) is 0 Å². The minimum Gasteiger partial charge on any atom is -0.491 e. The molecule has 0 bridgehead atoms. The Kier molecular flexibility index (Phi) is 5.90. The van der Waals surface area contributed by atoms with E-state index in [1.807, 2.05) is 0 Å². The summed E-state index contributed by atoms with van der Waals surface area (Å²) in [5.41, 5.74) is 2.50. The minimum atomic E-state index is 0.606. The fourth-order valence-corrected chi connectivity index (χ4v) is 3.11. The average molecular weight is 275 g/mol. The summed E-state index contributed by atoms with van der Waals surface area (Å²) in [4.78, 5) is 2.64. The van der Waals surface area contributed by atoms with Crippen LogP contribution in [0.3, 0.4) is 0 Å². The molecule has 112 valence electrons. The molecule has 1 heterocycles. The predicted molar refractivity (Wildman–Crippen MR) is 85.5 cm³/mol. The average Bonchev–Trinajstić information content (AvgIpc) is 2.45. The summed E-state index contributed by atoms with van der Waals surface area (Å²) in [6.07, 6.45) is 6.57. The van der Waals surface area contributed by atoms with Crippen LogP contribution in [0.4, 0.5) is 0 Å². The first kappa shape index (κ1) is 15.4. The fourth-order valence-electron chi connectivity index (χ4n) is 3.11. The largest absolute Gasteiger partial charge is 0.491 e. The van der Waals surface area contributed by atoms with E-state index >= 15 is 0 Å². The van der Waals surface area contributed by atoms with Gasteiger partial charge in [0.2, 0.25) is 0 Å². The van der Waals surface area contributed by atoms with Gasteiger partial charge in [0.25, 0.3) is 0 Å². The van der Waals surface area contributed by atoms with Gasteiger partial charge in [-0.1, -0.05) is 38.0 Å². The van der Waals surface area contributed by atoms with Gasteiger partial charge >= 0.3 is 0 Å². The van der Waals surface area contributed by atoms with Crippen LogP contribution < -0.4 is 4.74 Å². The maximum atomic E-state index is 6.18. The third-order valence-electron chi connectivity index (χ3n) is 4.38. The van der Waals surface area contributed by atoms with Crippen LogP contribution in [0.25, 0.3) is 0 Å². The van der Waals surface area contributed by atoms with Crippen molar-refractivity contribution in [2.45, 2.75) is 58.9 Å². The van der Waals surface area contributed by atoms with Crippen LogP contribution in [-0.2, 0) is 0 Å². The molecule has 0 aliphatic carbocycles. The zero-order valence-electron chi connectivity index (χ0n) is 13.3. The highest BCUT2D eigenvalue weighted by Crippen LogP contribution is 2.24. The molecule has 1 fully saturated rings. The number of benzene rings is 1. The van der Waals surface area contributed by atoms with Crippen LogP contribution in [0.5, 0.6) is 5.75 Å². The number of unbranched alkanes of at least 4 members (excludes halogenated alkanes) is 1. The Balaban J connectivity index is 1.93. The molecule has 2 nitrogen and oxygen atoms in total. The lowest BCUT2D eigenvalue weighted by Crippen LogP contribution is -2.43. The zero-order valence-corrected chi connectivity index (χ0v) is 13.3. The summed E-state index contributed by atoms with van der Waals surface area (Å²) in [7, 11) is 0. The van der Waals surface area contributed by atoms with Crippen molar-refractivity contribution in [3.05, 3.63) is 29.3 Å². The number of hydrogen-bond donors (Lipinski definition) is 0. The molecule has 0 N–H and O–H groups in total. The normalized spacial score (nSPS) is 20.1. The Morgan fingerprint density at radius 2 is 1.95 bits per heavy atom. The molecule has 1 aromatic carbocycles. The molecular weight excluding hydrogens is 246 g/mol. The van der Waals surface area contributed by atoms with E-state index in [0.717, 1.165) is 12.4 Å². The lowest BCUT2D eigenvalue weighted by Gasteiger charge is -2.35. The van der Waals surface area contributed by atoms with Crippen molar-refractivity contribution in [1.82, 2.24) is 4.90 Å². The summed E-state index contributed by atoms with van der Waals surface area (Å²) in [5, 5.41) is 0. The van der Waals surface area contributed by atoms with Crippen LogP contribution in [0, 0.1) is 13.8 Å². The van der Waals surface area contributed by atoms with Gasteiger partial charge in [-0.3, -0.25) is 4.90 Å². The Morgan fingerprint density at radius 1 is 1.20 bits per heavy atom. The highest BCUT2D eigenvalue weighted by Gasteiger charge is 2.22. The molecule has 1 saturated heterocycles. The van der Waals surface area contributed by atoms with Gasteiger partial charge in [0, 0.05) is 6.04 Å². The first-order valence-corrected chi connectivity index (χ1v) is 8.15. The summed E-state index contributed by atoms with van der Waals surface area (Å²) < 4.78 is 6.18. The lowest BCUT2D eigenvalue weighted by atomic mass is 10.0. The number of piperidine rings is 1. The number of aryl methyl sites for hydroxylation is 2. The van der Waals surface area contributed by atoms with E-state index in [4.69, 9.17) is 4.74 Å². The van der Waals surface area contributed by atoms with E-state index in [1.165, 1.54) is 56.3 Å². The standard InChI is InChI=1S/C18H29NO/c1-4-5-12-19-13-7-6-11-17(19)14-20-18-15(2)9-8-10-16(18)3/h8-10,17H,4-7,11-14H2,1-3H3. The van der Waals surface area contributed by atoms with Gasteiger partial charge in [0.15, 0.2) is 0 Å². The zero-order chi connectivity index (χ0) is 14.4. The number of hydrogen-bond acceptors (Lipinski definition) is 2. The number of rotatable bonds is 6. The molecule has 0 spiro atoms. The maximum Gasteiger partial charge on any atom is 0.125 e. The Labute approximate surface area is 124 Å². The molecule has 1 aromatic rings. The molecule has 0 amide bonds. The summed E-state index contributed by atoms with van der Waals surface area (Å²) in [6.45, 7) is 9.87. The Bertz CT molecular complexity index is 396. The Hall–Kier alpha value is -1.02. The van der Waals surface area contributed by atoms with Crippen LogP contribution in [0.2, 0.25) is 0 Å². The summed E-state index contributed by atoms with van der Waals surface area (Å²) >= 11 is 0. The predicted octanol–water partition coefficient (Wildman–Crippen LogP) is 4.34. The second kappa shape index (κ2) is 7.68. The molecule has 2 rings (SSSR count). The third-order valence-corrected chi connectivity index (χ3v) is 4.38. The lowest BCUT2D eigenvalue weighted by molar-refractivity contribution is 0.0979. The first-order chi connectivity index (χ1) is 9.72. The monoisotopic (exact) mass is 275 g/mol. The minimum absolute atomic E-state index is 0.606. The van der Waals surface area contributed by atoms with Crippen molar-refractivity contribution in [2.24, 2.45) is 0 Å². The van der Waals surface area contributed by atoms with Gasteiger partial charge in [-0.2, -0.15) is 0 Å². The maximum absolute atomic E-state index is 6.18. The number of nitrogens with zero attached hydrogens (tertiary/aromatic N) is 1. The number of likely N-dealkylation sites (tertiary alicyclic amines) is 1. The molecule has 0 aromatic heterocycles. The van der Waals surface area contributed by atoms with E-state index in [2.05, 4.69) is 43.9 Å². The van der Waals surface area contributed by atoms with Gasteiger partial charge < -0.3 is 4.74 Å². The van der Waals surface area contributed by atoms with E-state index in [1.54, 1.807) is 0 Å². The molecule has 20 heavy (non-hydrogen) atoms. The second-order valence-corrected chi connectivity index (χ2v) is 6.07. The molecule has 1 aliphatic rings. The van der Waals surface area contributed by atoms with Crippen molar-refractivity contribution in [1.29, 1.82) is 0 Å². The summed E-state index contributed by atoms with van der Waals surface area (Å²) in [6, 6.07) is 6.98. The Morgan fingerprint density at radius 3 is 2.65 bits per heavy atom. The van der Waals surface area contributed by atoms with Crippen molar-refractivity contribution in [3.63, 3.8) is 0 Å². The van der Waals surface area contributed by atoms with Crippen LogP contribution in [-0.4, -0.2) is 30.6 Å². The van der Waals surface area contributed by atoms with Gasteiger partial charge in [0.1, 0.15) is 12.4 Å². The van der Waals surface area contributed by atoms with Crippen molar-refractivity contribution in [2.75, 3.05) is 19.7 Å². The quantitative estimate of drug-likeness (QED) is 0.766. The summed E-state index contributed by atoms with van der Waals surface area (Å²) in [5.74, 6) is 1.09. The topological polar surface area (TPSA) is 12.5 Å². The van der Waals surface area contributed by atoms with E-state index in [-0.39, 0.29) is 0 Å². The molecule has 0 radical (unpaired) electrons. The first-order valence-electron chi connectivity index (χ1n) is 8.15. The third kappa shape index (κ3) is 3.99. The van der Waals surface area contributed by atoms with E-state index < -0.39 is 0 Å². The number of ether oxygens (including phenoxy) is 1. The molecular formula is C18H29NO. The van der Waals surface area contributed by atoms with Gasteiger partial charge in [-0.15, -0.1) is 0 Å². The van der Waals surface area contributed by atoms with Crippen molar-refractivity contribution >= 4 is 0 Å². The van der Waals surface area contributed by atoms with Crippen molar-refractivity contribution in [3.8, 4) is 5.75 Å². The van der Waals surface area contributed by atoms with Crippen LogP contribution in [0.1, 0.15) is 50.2 Å². The molecule has 2 heteroatoms. The smallest absolute Gasteiger partial charge is 0.125 e. The SMILES string of the molecule is CCCCN1CCCCC1COc1c(C)cccc1C. The van der Waals surface area contributed by atoms with Gasteiger partial charge in [0.05, 0.1) is 0 Å². The highest BCUT2D eigenvalue weighted by atomic mass is 16.5. The van der Waals surface area contributed by atoms with Crippen molar-refractivity contribution < 1.29 is 4.74 Å². The van der Waals surface area contributed by atoms with Crippen LogP contribution >= 0.6 is 0 Å². The van der Waals surface area contributed by atoms with Gasteiger partial charge in [-0.05, 0) is 57.3 Å². The molecule has 0 saturated carbocycles. The highest BCUT2D eigenvalue weighted by molar-refractivity contribution is 5.39.